The van der Waals surface area contributed by atoms with Crippen LogP contribution in [-0.2, 0) is 22.4 Å². The molecule has 3 heterocycles. The summed E-state index contributed by atoms with van der Waals surface area (Å²) in [6.07, 6.45) is -10.2. The Balaban J connectivity index is 1.64. The fourth-order valence-corrected chi connectivity index (χ4v) is 6.48. The zero-order valence-corrected chi connectivity index (χ0v) is 23.5. The molecular weight excluding hydrogens is 640 g/mol. The molecule has 19 heteroatoms. The smallest absolute Gasteiger partial charge is 0.404 e. The lowest BCUT2D eigenvalue weighted by Crippen LogP contribution is -2.45. The van der Waals surface area contributed by atoms with Crippen LogP contribution in [-0.4, -0.2) is 46.4 Å². The maximum absolute atomic E-state index is 13.8. The van der Waals surface area contributed by atoms with Crippen molar-refractivity contribution >= 4 is 50.4 Å². The van der Waals surface area contributed by atoms with Crippen LogP contribution in [0.4, 0.5) is 36.8 Å². The van der Waals surface area contributed by atoms with E-state index in [2.05, 4.69) is 20.1 Å². The molecule has 0 aliphatic heterocycles. The number of sulfonamides is 1. The molecule has 0 unspecified atom stereocenters. The van der Waals surface area contributed by atoms with Crippen LogP contribution in [0.2, 0.25) is 4.34 Å². The van der Waals surface area contributed by atoms with E-state index in [9.17, 15) is 44.7 Å². The number of ether oxygens (including phenoxy) is 1. The highest BCUT2D eigenvalue weighted by atomic mass is 35.5. The minimum absolute atomic E-state index is 0.0932. The van der Waals surface area contributed by atoms with Gasteiger partial charge in [-0.1, -0.05) is 23.7 Å². The van der Waals surface area contributed by atoms with E-state index in [1.54, 1.807) is 0 Å². The van der Waals surface area contributed by atoms with Crippen molar-refractivity contribution in [3.05, 3.63) is 58.2 Å². The van der Waals surface area contributed by atoms with Crippen LogP contribution in [0.15, 0.2) is 46.8 Å². The fraction of sp³-hybridized carbons (Fsp3) is 0.261. The van der Waals surface area contributed by atoms with Gasteiger partial charge in [-0.3, -0.25) is 5.32 Å². The first-order valence-electron chi connectivity index (χ1n) is 11.4. The van der Waals surface area contributed by atoms with Crippen molar-refractivity contribution < 1.29 is 49.4 Å². The van der Waals surface area contributed by atoms with Crippen molar-refractivity contribution in [2.75, 3.05) is 11.9 Å². The number of fused-ring (bicyclic) bond motifs is 1. The first kappa shape index (κ1) is 31.5. The topological polar surface area (TPSA) is 135 Å². The summed E-state index contributed by atoms with van der Waals surface area (Å²) in [5, 5.41) is 15.1. The van der Waals surface area contributed by atoms with Gasteiger partial charge in [-0.25, -0.2) is 27.4 Å². The van der Waals surface area contributed by atoms with Crippen LogP contribution in [0.5, 0.6) is 5.75 Å². The Kier molecular flexibility index (Phi) is 8.24. The SMILES string of the molecule is CC(C)(CO)NS(=O)(=O)c1cc(NC(=O)Oc2cnn3c(C(F)(F)F)cc(-c4ccc(C(F)(F)F)cc4)nc23)c(Cl)s1. The molecule has 1 aromatic carbocycles. The summed E-state index contributed by atoms with van der Waals surface area (Å²) in [4.78, 5) is 16.6. The molecule has 0 aliphatic carbocycles. The van der Waals surface area contributed by atoms with Gasteiger partial charge >= 0.3 is 18.4 Å². The van der Waals surface area contributed by atoms with Crippen LogP contribution >= 0.6 is 22.9 Å². The van der Waals surface area contributed by atoms with Gasteiger partial charge in [0.05, 0.1) is 35.3 Å². The van der Waals surface area contributed by atoms with Crippen molar-refractivity contribution in [1.29, 1.82) is 0 Å². The zero-order valence-electron chi connectivity index (χ0n) is 21.1. The average Bonchev–Trinajstić information content (AvgIpc) is 3.45. The van der Waals surface area contributed by atoms with E-state index in [1.165, 1.54) is 13.8 Å². The molecule has 4 rings (SSSR count). The number of aliphatic hydroxyl groups excluding tert-OH is 1. The number of halogens is 7. The lowest BCUT2D eigenvalue weighted by Gasteiger charge is -2.22. The Hall–Kier alpha value is -3.45. The molecule has 0 bridgehead atoms. The van der Waals surface area contributed by atoms with Crippen molar-refractivity contribution in [2.24, 2.45) is 0 Å². The summed E-state index contributed by atoms with van der Waals surface area (Å²) < 4.78 is 113. The standard InChI is InChI=1S/C23H18ClF6N5O5S2/c1-21(2,10-36)34-42(38,39)17-8-14(18(24)41-17)33-20(37)40-15-9-31-35-16(23(28,29)30)7-13(32-19(15)35)11-3-5-12(6-4-11)22(25,26)27/h3-9,34,36H,10H2,1-2H3,(H,33,37). The number of rotatable bonds is 7. The summed E-state index contributed by atoms with van der Waals surface area (Å²) in [6, 6.07) is 4.80. The molecule has 0 saturated heterocycles. The van der Waals surface area contributed by atoms with E-state index >= 15 is 0 Å². The summed E-state index contributed by atoms with van der Waals surface area (Å²) in [6.45, 7) is 2.33. The number of carbonyl (C=O) groups is 1. The third-order valence-corrected chi connectivity index (χ3v) is 8.94. The fourth-order valence-electron chi connectivity index (χ4n) is 3.44. The van der Waals surface area contributed by atoms with Gasteiger partial charge in [0.15, 0.2) is 17.1 Å². The van der Waals surface area contributed by atoms with Crippen molar-refractivity contribution in [1.82, 2.24) is 19.3 Å². The van der Waals surface area contributed by atoms with E-state index in [0.29, 0.717) is 34.1 Å². The van der Waals surface area contributed by atoms with Gasteiger partial charge in [0.25, 0.3) is 10.0 Å². The number of aromatic nitrogens is 3. The van der Waals surface area contributed by atoms with Gasteiger partial charge < -0.3 is 9.84 Å². The van der Waals surface area contributed by atoms with Crippen LogP contribution in [0, 0.1) is 0 Å². The van der Waals surface area contributed by atoms with Gasteiger partial charge in [0.2, 0.25) is 0 Å². The van der Waals surface area contributed by atoms with Crippen molar-refractivity contribution in [3.63, 3.8) is 0 Å². The van der Waals surface area contributed by atoms with Gasteiger partial charge in [0, 0.05) is 5.56 Å². The Morgan fingerprint density at radius 3 is 2.31 bits per heavy atom. The Bertz CT molecular complexity index is 1750. The quantitative estimate of drug-likeness (QED) is 0.214. The number of thiophene rings is 1. The number of aliphatic hydroxyl groups is 1. The van der Waals surface area contributed by atoms with Gasteiger partial charge in [0.1, 0.15) is 8.55 Å². The first-order valence-corrected chi connectivity index (χ1v) is 14.0. The summed E-state index contributed by atoms with van der Waals surface area (Å²) >= 11 is 6.63. The Morgan fingerprint density at radius 1 is 1.10 bits per heavy atom. The number of benzene rings is 1. The molecule has 226 valence electrons. The summed E-state index contributed by atoms with van der Waals surface area (Å²) in [5.74, 6) is -0.558. The monoisotopic (exact) mass is 657 g/mol. The van der Waals surface area contributed by atoms with Crippen LogP contribution < -0.4 is 14.8 Å². The normalized spacial score (nSPS) is 13.0. The van der Waals surface area contributed by atoms with E-state index in [1.807, 2.05) is 0 Å². The number of hydrogen-bond donors (Lipinski definition) is 3. The third-order valence-electron chi connectivity index (χ3n) is 5.41. The van der Waals surface area contributed by atoms with E-state index in [-0.39, 0.29) is 25.5 Å². The minimum atomic E-state index is -4.99. The second kappa shape index (κ2) is 11.0. The molecule has 0 fully saturated rings. The number of hydrogen-bond acceptors (Lipinski definition) is 8. The molecule has 3 aromatic heterocycles. The summed E-state index contributed by atoms with van der Waals surface area (Å²) in [5.41, 5.74) is -4.87. The van der Waals surface area contributed by atoms with E-state index in [0.717, 1.165) is 24.4 Å². The van der Waals surface area contributed by atoms with Gasteiger partial charge in [-0.15, -0.1) is 11.3 Å². The molecule has 3 N–H and O–H groups in total. The highest BCUT2D eigenvalue weighted by molar-refractivity contribution is 7.91. The van der Waals surface area contributed by atoms with Gasteiger partial charge in [-0.05, 0) is 38.1 Å². The highest BCUT2D eigenvalue weighted by Crippen LogP contribution is 2.37. The lowest BCUT2D eigenvalue weighted by molar-refractivity contribution is -0.142. The Morgan fingerprint density at radius 2 is 1.74 bits per heavy atom. The predicted octanol–water partition coefficient (Wildman–Crippen LogP) is 5.81. The molecule has 10 nitrogen and oxygen atoms in total. The van der Waals surface area contributed by atoms with E-state index in [4.69, 9.17) is 16.3 Å². The van der Waals surface area contributed by atoms with Crippen molar-refractivity contribution in [3.8, 4) is 17.0 Å². The predicted molar refractivity (Wildman–Crippen MR) is 139 cm³/mol. The van der Waals surface area contributed by atoms with E-state index < -0.39 is 63.3 Å². The number of anilines is 1. The van der Waals surface area contributed by atoms with Crippen molar-refractivity contribution in [2.45, 2.75) is 35.9 Å². The summed E-state index contributed by atoms with van der Waals surface area (Å²) in [7, 11) is -4.17. The largest absolute Gasteiger partial charge is 0.433 e. The maximum Gasteiger partial charge on any atom is 0.433 e. The molecule has 0 atom stereocenters. The van der Waals surface area contributed by atoms with Gasteiger partial charge in [-0.2, -0.15) is 31.4 Å². The molecule has 0 spiro atoms. The lowest BCUT2D eigenvalue weighted by atomic mass is 10.1. The zero-order chi connectivity index (χ0) is 31.3. The molecule has 42 heavy (non-hydrogen) atoms. The average molecular weight is 658 g/mol. The maximum atomic E-state index is 13.8. The molecule has 4 aromatic rings. The number of alkyl halides is 6. The Labute approximate surface area is 241 Å². The molecule has 0 aliphatic rings. The second-order valence-electron chi connectivity index (χ2n) is 9.26. The number of amides is 1. The molecule has 0 radical (unpaired) electrons. The number of nitrogens with zero attached hydrogens (tertiary/aromatic N) is 3. The molecule has 0 saturated carbocycles. The molecule has 1 amide bonds. The van der Waals surface area contributed by atoms with Crippen LogP contribution in [0.3, 0.4) is 0 Å². The number of nitrogens with one attached hydrogen (secondary N) is 2. The minimum Gasteiger partial charge on any atom is -0.404 e. The van der Waals surface area contributed by atoms with Crippen LogP contribution in [0.25, 0.3) is 16.9 Å². The first-order chi connectivity index (χ1) is 19.3. The van der Waals surface area contributed by atoms with Crippen LogP contribution in [0.1, 0.15) is 25.1 Å². The third kappa shape index (κ3) is 6.78. The second-order valence-corrected chi connectivity index (χ2v) is 12.8. The number of carbonyl (C=O) groups excluding carboxylic acids is 1. The highest BCUT2D eigenvalue weighted by Gasteiger charge is 2.36. The molecular formula is C23H18ClF6N5O5S2.